The Bertz CT molecular complexity index is 800. The number of amides is 1. The van der Waals surface area contributed by atoms with E-state index in [2.05, 4.69) is 15.4 Å². The number of pyridine rings is 1. The molecule has 3 aromatic rings. The molecule has 0 bridgehead atoms. The molecule has 2 heterocycles. The first kappa shape index (κ1) is 14.8. The molecule has 0 saturated carbocycles. The summed E-state index contributed by atoms with van der Waals surface area (Å²) in [5, 5.41) is 7.02. The van der Waals surface area contributed by atoms with Crippen LogP contribution < -0.4 is 10.1 Å². The van der Waals surface area contributed by atoms with E-state index in [-0.39, 0.29) is 5.91 Å². The van der Waals surface area contributed by atoms with Gasteiger partial charge in [0.1, 0.15) is 5.75 Å². The Morgan fingerprint density at radius 1 is 1.17 bits per heavy atom. The van der Waals surface area contributed by atoms with Gasteiger partial charge in [0.15, 0.2) is 5.82 Å². The summed E-state index contributed by atoms with van der Waals surface area (Å²) >= 11 is 0. The number of aromatic nitrogens is 3. The highest BCUT2D eigenvalue weighted by Gasteiger charge is 2.15. The average molecular weight is 308 g/mol. The molecule has 0 aliphatic rings. The molecule has 0 saturated heterocycles. The highest BCUT2D eigenvalue weighted by molar-refractivity contribution is 6.06. The van der Waals surface area contributed by atoms with E-state index < -0.39 is 0 Å². The Hall–Kier alpha value is -3.15. The van der Waals surface area contributed by atoms with Crippen LogP contribution in [0.1, 0.15) is 17.3 Å². The molecule has 1 aromatic carbocycles. The van der Waals surface area contributed by atoms with E-state index in [0.717, 1.165) is 0 Å². The number of para-hydroxylation sites is 1. The van der Waals surface area contributed by atoms with Gasteiger partial charge in [-0.25, -0.2) is 9.67 Å². The van der Waals surface area contributed by atoms with Crippen LogP contribution in [0.4, 0.5) is 5.69 Å². The van der Waals surface area contributed by atoms with Crippen LogP contribution >= 0.6 is 0 Å². The van der Waals surface area contributed by atoms with Gasteiger partial charge in [-0.3, -0.25) is 4.79 Å². The van der Waals surface area contributed by atoms with E-state index in [1.807, 2.05) is 13.0 Å². The van der Waals surface area contributed by atoms with Crippen molar-refractivity contribution in [1.82, 2.24) is 14.8 Å². The largest absolute Gasteiger partial charge is 0.493 e. The van der Waals surface area contributed by atoms with Crippen molar-refractivity contribution in [1.29, 1.82) is 0 Å². The van der Waals surface area contributed by atoms with Crippen LogP contribution in [-0.2, 0) is 0 Å². The van der Waals surface area contributed by atoms with Crippen molar-refractivity contribution < 1.29 is 9.53 Å². The molecule has 2 aromatic heterocycles. The smallest absolute Gasteiger partial charge is 0.259 e. The normalized spacial score (nSPS) is 10.3. The van der Waals surface area contributed by atoms with E-state index in [9.17, 15) is 4.79 Å². The topological polar surface area (TPSA) is 69.0 Å². The highest BCUT2D eigenvalue weighted by atomic mass is 16.5. The molecule has 0 aliphatic heterocycles. The second-order valence-electron chi connectivity index (χ2n) is 4.71. The van der Waals surface area contributed by atoms with E-state index in [4.69, 9.17) is 4.74 Å². The molecule has 3 rings (SSSR count). The summed E-state index contributed by atoms with van der Waals surface area (Å²) in [6.07, 6.45) is 5.08. The van der Waals surface area contributed by atoms with Crippen molar-refractivity contribution in [2.45, 2.75) is 6.92 Å². The molecule has 23 heavy (non-hydrogen) atoms. The third kappa shape index (κ3) is 3.21. The fourth-order valence-electron chi connectivity index (χ4n) is 2.20. The Labute approximate surface area is 133 Å². The molecule has 0 atom stereocenters. The molecule has 116 valence electrons. The quantitative estimate of drug-likeness (QED) is 0.787. The van der Waals surface area contributed by atoms with Crippen LogP contribution in [0, 0.1) is 0 Å². The predicted molar refractivity (Wildman–Crippen MR) is 86.9 cm³/mol. The van der Waals surface area contributed by atoms with Gasteiger partial charge in [0, 0.05) is 18.6 Å². The number of anilines is 1. The number of rotatable bonds is 5. The fraction of sp³-hybridized carbons (Fsp3) is 0.118. The van der Waals surface area contributed by atoms with Crippen molar-refractivity contribution in [2.75, 3.05) is 11.9 Å². The first-order valence-electron chi connectivity index (χ1n) is 7.28. The van der Waals surface area contributed by atoms with E-state index in [1.165, 1.54) is 0 Å². The zero-order valence-electron chi connectivity index (χ0n) is 12.6. The Morgan fingerprint density at radius 2 is 2.04 bits per heavy atom. The maximum atomic E-state index is 12.6. The molecule has 1 N–H and O–H groups in total. The second kappa shape index (κ2) is 6.74. The van der Waals surface area contributed by atoms with Crippen LogP contribution in [0.15, 0.2) is 61.1 Å². The number of carbonyl (C=O) groups is 1. The van der Waals surface area contributed by atoms with Crippen LogP contribution in [0.5, 0.6) is 5.75 Å². The number of carbonyl (C=O) groups excluding carboxylic acids is 1. The Balaban J connectivity index is 1.90. The first-order chi connectivity index (χ1) is 11.3. The molecule has 1 amide bonds. The molecular formula is C17H16N4O2. The molecular weight excluding hydrogens is 292 g/mol. The van der Waals surface area contributed by atoms with E-state index in [1.54, 1.807) is 59.7 Å². The standard InChI is InChI=1S/C17H16N4O2/c1-2-23-15-9-4-3-7-13(15)17(22)20-14-8-5-10-18-16(14)21-12-6-11-19-21/h3-12H,2H2,1H3,(H,20,22). The molecule has 0 fully saturated rings. The summed E-state index contributed by atoms with van der Waals surface area (Å²) in [6, 6.07) is 12.5. The summed E-state index contributed by atoms with van der Waals surface area (Å²) in [4.78, 5) is 16.9. The molecule has 0 aliphatic carbocycles. The van der Waals surface area contributed by atoms with Gasteiger partial charge >= 0.3 is 0 Å². The zero-order chi connectivity index (χ0) is 16.1. The van der Waals surface area contributed by atoms with Crippen molar-refractivity contribution >= 4 is 11.6 Å². The third-order valence-corrected chi connectivity index (χ3v) is 3.19. The average Bonchev–Trinajstić information content (AvgIpc) is 3.10. The number of benzene rings is 1. The van der Waals surface area contributed by atoms with E-state index in [0.29, 0.717) is 29.4 Å². The fourth-order valence-corrected chi connectivity index (χ4v) is 2.20. The third-order valence-electron chi connectivity index (χ3n) is 3.19. The van der Waals surface area contributed by atoms with Crippen molar-refractivity contribution in [2.24, 2.45) is 0 Å². The molecule has 0 spiro atoms. The van der Waals surface area contributed by atoms with Crippen molar-refractivity contribution in [3.05, 3.63) is 66.6 Å². The van der Waals surface area contributed by atoms with Gasteiger partial charge < -0.3 is 10.1 Å². The lowest BCUT2D eigenvalue weighted by molar-refractivity contribution is 0.102. The van der Waals surface area contributed by atoms with Gasteiger partial charge in [-0.1, -0.05) is 12.1 Å². The second-order valence-corrected chi connectivity index (χ2v) is 4.71. The zero-order valence-corrected chi connectivity index (χ0v) is 12.6. The maximum Gasteiger partial charge on any atom is 0.259 e. The minimum atomic E-state index is -0.254. The van der Waals surface area contributed by atoms with E-state index >= 15 is 0 Å². The number of nitrogens with one attached hydrogen (secondary N) is 1. The van der Waals surface area contributed by atoms with Gasteiger partial charge in [0.05, 0.1) is 17.9 Å². The molecule has 0 radical (unpaired) electrons. The molecule has 0 unspecified atom stereocenters. The monoisotopic (exact) mass is 308 g/mol. The summed E-state index contributed by atoms with van der Waals surface area (Å²) < 4.78 is 7.11. The summed E-state index contributed by atoms with van der Waals surface area (Å²) in [5.74, 6) is 0.854. The Kier molecular flexibility index (Phi) is 4.33. The van der Waals surface area contributed by atoms with Gasteiger partial charge in [0.25, 0.3) is 5.91 Å². The van der Waals surface area contributed by atoms with Crippen LogP contribution in [0.3, 0.4) is 0 Å². The minimum absolute atomic E-state index is 0.254. The Morgan fingerprint density at radius 3 is 2.83 bits per heavy atom. The summed E-state index contributed by atoms with van der Waals surface area (Å²) in [6.45, 7) is 2.38. The predicted octanol–water partition coefficient (Wildman–Crippen LogP) is 2.92. The van der Waals surface area contributed by atoms with Gasteiger partial charge in [-0.15, -0.1) is 0 Å². The van der Waals surface area contributed by atoms with Gasteiger partial charge in [-0.2, -0.15) is 5.10 Å². The maximum absolute atomic E-state index is 12.6. The summed E-state index contributed by atoms with van der Waals surface area (Å²) in [5.41, 5.74) is 1.05. The van der Waals surface area contributed by atoms with Crippen LogP contribution in [0.2, 0.25) is 0 Å². The van der Waals surface area contributed by atoms with Crippen molar-refractivity contribution in [3.63, 3.8) is 0 Å². The lowest BCUT2D eigenvalue weighted by Crippen LogP contribution is -2.16. The summed E-state index contributed by atoms with van der Waals surface area (Å²) in [7, 11) is 0. The SMILES string of the molecule is CCOc1ccccc1C(=O)Nc1cccnc1-n1cccn1. The number of hydrogen-bond acceptors (Lipinski definition) is 4. The van der Waals surface area contributed by atoms with Crippen molar-refractivity contribution in [3.8, 4) is 11.6 Å². The number of ether oxygens (including phenoxy) is 1. The lowest BCUT2D eigenvalue weighted by Gasteiger charge is -2.12. The first-order valence-corrected chi connectivity index (χ1v) is 7.28. The van der Waals surface area contributed by atoms with Crippen LogP contribution in [0.25, 0.3) is 5.82 Å². The minimum Gasteiger partial charge on any atom is -0.493 e. The lowest BCUT2D eigenvalue weighted by atomic mass is 10.2. The van der Waals surface area contributed by atoms with Crippen LogP contribution in [-0.4, -0.2) is 27.3 Å². The van der Waals surface area contributed by atoms with Gasteiger partial charge in [-0.05, 0) is 37.3 Å². The highest BCUT2D eigenvalue weighted by Crippen LogP contribution is 2.22. The van der Waals surface area contributed by atoms with Gasteiger partial charge in [0.2, 0.25) is 0 Å². The molecule has 6 nitrogen and oxygen atoms in total. The number of nitrogens with zero attached hydrogens (tertiary/aromatic N) is 3. The molecule has 6 heteroatoms. The number of hydrogen-bond donors (Lipinski definition) is 1.